The monoisotopic (exact) mass is 731 g/mol. The largest absolute Gasteiger partial charge is 0.208 e. The summed E-state index contributed by atoms with van der Waals surface area (Å²) in [6.07, 6.45) is 0. The molecule has 0 amide bonds. The van der Waals surface area contributed by atoms with E-state index in [9.17, 15) is 0 Å². The van der Waals surface area contributed by atoms with Crippen molar-refractivity contribution in [3.05, 3.63) is 222 Å². The SMILES string of the molecule is c1ccc(-c2cccc(-c3nc(-c4ccccc4)nc(-c4cccc(-c5cccc6c5Sc5ccccc5C65c6ccccc6-c6ccccc65)c4)n3)c2)cc1. The Morgan fingerprint density at radius 3 is 1.39 bits per heavy atom. The molecule has 9 aromatic rings. The first-order valence-corrected chi connectivity index (χ1v) is 19.8. The molecule has 262 valence electrons. The lowest BCUT2D eigenvalue weighted by atomic mass is 9.67. The van der Waals surface area contributed by atoms with Gasteiger partial charge in [-0.1, -0.05) is 194 Å². The van der Waals surface area contributed by atoms with Gasteiger partial charge in [-0.25, -0.2) is 15.0 Å². The molecule has 4 heteroatoms. The van der Waals surface area contributed by atoms with Gasteiger partial charge in [0.15, 0.2) is 17.5 Å². The maximum absolute atomic E-state index is 5.17. The fraction of sp³-hybridized carbons (Fsp3) is 0.0192. The molecule has 0 saturated heterocycles. The van der Waals surface area contributed by atoms with E-state index in [4.69, 9.17) is 15.0 Å². The minimum atomic E-state index is -0.431. The van der Waals surface area contributed by atoms with Gasteiger partial charge in [-0.15, -0.1) is 0 Å². The van der Waals surface area contributed by atoms with Crippen molar-refractivity contribution in [1.82, 2.24) is 15.0 Å². The van der Waals surface area contributed by atoms with Crippen LogP contribution < -0.4 is 0 Å². The summed E-state index contributed by atoms with van der Waals surface area (Å²) in [6.45, 7) is 0. The molecule has 11 rings (SSSR count). The Hall–Kier alpha value is -6.88. The lowest BCUT2D eigenvalue weighted by molar-refractivity contribution is 0.723. The highest BCUT2D eigenvalue weighted by molar-refractivity contribution is 7.99. The zero-order valence-electron chi connectivity index (χ0n) is 30.3. The molecule has 1 aliphatic heterocycles. The van der Waals surface area contributed by atoms with Crippen LogP contribution in [0.15, 0.2) is 210 Å². The Bertz CT molecular complexity index is 2910. The highest BCUT2D eigenvalue weighted by atomic mass is 32.2. The third kappa shape index (κ3) is 5.10. The molecule has 1 spiro atoms. The number of aromatic nitrogens is 3. The lowest BCUT2D eigenvalue weighted by Gasteiger charge is -2.40. The average Bonchev–Trinajstić information content (AvgIpc) is 3.57. The van der Waals surface area contributed by atoms with E-state index in [-0.39, 0.29) is 0 Å². The number of nitrogens with zero attached hydrogens (tertiary/aromatic N) is 3. The second-order valence-corrected chi connectivity index (χ2v) is 15.4. The van der Waals surface area contributed by atoms with Crippen LogP contribution in [0.5, 0.6) is 0 Å². The third-order valence-electron chi connectivity index (χ3n) is 11.2. The highest BCUT2D eigenvalue weighted by Gasteiger charge is 2.50. The van der Waals surface area contributed by atoms with E-state index in [1.165, 1.54) is 48.7 Å². The van der Waals surface area contributed by atoms with Crippen LogP contribution in [0.2, 0.25) is 0 Å². The maximum Gasteiger partial charge on any atom is 0.164 e. The van der Waals surface area contributed by atoms with Crippen LogP contribution >= 0.6 is 11.8 Å². The summed E-state index contributed by atoms with van der Waals surface area (Å²) in [6, 6.07) is 71.5. The second-order valence-electron chi connectivity index (χ2n) is 14.3. The van der Waals surface area contributed by atoms with Crippen molar-refractivity contribution in [3.8, 4) is 67.5 Å². The molecule has 0 saturated carbocycles. The van der Waals surface area contributed by atoms with Gasteiger partial charge < -0.3 is 0 Å². The molecule has 2 heterocycles. The van der Waals surface area contributed by atoms with Crippen molar-refractivity contribution in [1.29, 1.82) is 0 Å². The van der Waals surface area contributed by atoms with E-state index < -0.39 is 5.41 Å². The van der Waals surface area contributed by atoms with Gasteiger partial charge in [0.1, 0.15) is 0 Å². The Labute approximate surface area is 330 Å². The van der Waals surface area contributed by atoms with E-state index >= 15 is 0 Å². The normalized spacial score (nSPS) is 13.1. The Morgan fingerprint density at radius 2 is 0.732 bits per heavy atom. The minimum absolute atomic E-state index is 0.431. The maximum atomic E-state index is 5.17. The Morgan fingerprint density at radius 1 is 0.304 bits per heavy atom. The third-order valence-corrected chi connectivity index (χ3v) is 12.4. The quantitative estimate of drug-likeness (QED) is 0.177. The summed E-state index contributed by atoms with van der Waals surface area (Å²) < 4.78 is 0. The van der Waals surface area contributed by atoms with Crippen LogP contribution in [0.4, 0.5) is 0 Å². The van der Waals surface area contributed by atoms with E-state index in [1.807, 2.05) is 36.0 Å². The summed E-state index contributed by atoms with van der Waals surface area (Å²) in [5, 5.41) is 0. The van der Waals surface area contributed by atoms with Gasteiger partial charge in [-0.3, -0.25) is 0 Å². The van der Waals surface area contributed by atoms with E-state index in [1.54, 1.807) is 0 Å². The molecule has 0 fully saturated rings. The van der Waals surface area contributed by atoms with Crippen molar-refractivity contribution in [3.63, 3.8) is 0 Å². The zero-order chi connectivity index (χ0) is 37.1. The molecular weight excluding hydrogens is 699 g/mol. The molecule has 0 bridgehead atoms. The van der Waals surface area contributed by atoms with Crippen LogP contribution in [0.25, 0.3) is 67.5 Å². The van der Waals surface area contributed by atoms with Gasteiger partial charge in [0.2, 0.25) is 0 Å². The van der Waals surface area contributed by atoms with Crippen molar-refractivity contribution >= 4 is 11.8 Å². The number of hydrogen-bond donors (Lipinski definition) is 0. The first-order chi connectivity index (χ1) is 27.8. The van der Waals surface area contributed by atoms with E-state index in [0.717, 1.165) is 33.4 Å². The van der Waals surface area contributed by atoms with Crippen molar-refractivity contribution in [2.24, 2.45) is 0 Å². The predicted octanol–water partition coefficient (Wildman–Crippen LogP) is 13.0. The van der Waals surface area contributed by atoms with Gasteiger partial charge in [0.25, 0.3) is 0 Å². The molecule has 0 unspecified atom stereocenters. The van der Waals surface area contributed by atoms with Crippen LogP contribution in [0.3, 0.4) is 0 Å². The molecule has 0 N–H and O–H groups in total. The first-order valence-electron chi connectivity index (χ1n) is 18.9. The molecule has 0 atom stereocenters. The molecule has 3 nitrogen and oxygen atoms in total. The molecule has 1 aliphatic carbocycles. The second kappa shape index (κ2) is 13.2. The van der Waals surface area contributed by atoms with Gasteiger partial charge in [0, 0.05) is 26.5 Å². The summed E-state index contributed by atoms with van der Waals surface area (Å²) in [4.78, 5) is 17.9. The van der Waals surface area contributed by atoms with E-state index in [0.29, 0.717) is 17.5 Å². The predicted molar refractivity (Wildman–Crippen MR) is 228 cm³/mol. The Balaban J connectivity index is 1.08. The van der Waals surface area contributed by atoms with Gasteiger partial charge in [-0.2, -0.15) is 0 Å². The topological polar surface area (TPSA) is 38.7 Å². The summed E-state index contributed by atoms with van der Waals surface area (Å²) in [7, 11) is 0. The Kier molecular flexibility index (Phi) is 7.64. The van der Waals surface area contributed by atoms with Crippen molar-refractivity contribution in [2.45, 2.75) is 15.2 Å². The lowest BCUT2D eigenvalue weighted by Crippen LogP contribution is -2.32. The van der Waals surface area contributed by atoms with E-state index in [2.05, 4.69) is 176 Å². The number of hydrogen-bond acceptors (Lipinski definition) is 4. The molecular formula is C52H33N3S. The number of benzene rings is 8. The van der Waals surface area contributed by atoms with Crippen LogP contribution in [-0.2, 0) is 5.41 Å². The number of rotatable bonds is 5. The summed E-state index contributed by atoms with van der Waals surface area (Å²) in [5.41, 5.74) is 14.9. The highest BCUT2D eigenvalue weighted by Crippen LogP contribution is 2.63. The van der Waals surface area contributed by atoms with Crippen LogP contribution in [0, 0.1) is 0 Å². The zero-order valence-corrected chi connectivity index (χ0v) is 31.1. The summed E-state index contributed by atoms with van der Waals surface area (Å²) >= 11 is 1.87. The fourth-order valence-electron chi connectivity index (χ4n) is 8.75. The first kappa shape index (κ1) is 32.5. The molecule has 1 aromatic heterocycles. The van der Waals surface area contributed by atoms with Gasteiger partial charge >= 0.3 is 0 Å². The summed E-state index contributed by atoms with van der Waals surface area (Å²) in [5.74, 6) is 1.92. The molecule has 56 heavy (non-hydrogen) atoms. The van der Waals surface area contributed by atoms with Gasteiger partial charge in [-0.05, 0) is 73.8 Å². The smallest absolute Gasteiger partial charge is 0.164 e. The van der Waals surface area contributed by atoms with Crippen molar-refractivity contribution in [2.75, 3.05) is 0 Å². The van der Waals surface area contributed by atoms with Crippen LogP contribution in [0.1, 0.15) is 22.3 Å². The van der Waals surface area contributed by atoms with Gasteiger partial charge in [0.05, 0.1) is 5.41 Å². The average molecular weight is 732 g/mol. The van der Waals surface area contributed by atoms with Crippen LogP contribution in [-0.4, -0.2) is 15.0 Å². The molecule has 0 radical (unpaired) electrons. The standard InChI is InChI=1S/C52H33N3S/c1-3-16-34(17-4-1)36-20-13-22-38(32-36)50-53-49(35-18-5-2-6-19-35)54-51(55-50)39-23-14-21-37(33-39)40-26-15-30-46-48(40)56-47-31-12-11-29-45(47)52(46)43-27-9-7-24-41(43)42-25-8-10-28-44(42)52/h1-33H. The minimum Gasteiger partial charge on any atom is -0.208 e. The van der Waals surface area contributed by atoms with Crippen molar-refractivity contribution < 1.29 is 0 Å². The molecule has 8 aromatic carbocycles. The fourth-order valence-corrected chi connectivity index (χ4v) is 10.1. The molecule has 2 aliphatic rings. The number of fused-ring (bicyclic) bond motifs is 9.